The predicted molar refractivity (Wildman–Crippen MR) is 142 cm³/mol. The summed E-state index contributed by atoms with van der Waals surface area (Å²) >= 11 is 17.7. The van der Waals surface area contributed by atoms with E-state index in [9.17, 15) is 9.59 Å². The third kappa shape index (κ3) is 6.11. The molecule has 2 aromatic heterocycles. The van der Waals surface area contributed by atoms with Crippen LogP contribution in [0.4, 0.5) is 5.69 Å². The van der Waals surface area contributed by atoms with E-state index in [0.717, 1.165) is 11.5 Å². The van der Waals surface area contributed by atoms with Gasteiger partial charge in [0.25, 0.3) is 11.8 Å². The van der Waals surface area contributed by atoms with E-state index < -0.39 is 5.91 Å². The number of nitrogens with zero attached hydrogens (tertiary/aromatic N) is 3. The molecular formula is C23H22BrCl2N5O3S. The fraction of sp³-hybridized carbons (Fsp3) is 0.304. The molecule has 0 spiro atoms. The first-order valence-electron chi connectivity index (χ1n) is 10.8. The average molecular weight is 599 g/mol. The van der Waals surface area contributed by atoms with Crippen LogP contribution in [0.3, 0.4) is 0 Å². The van der Waals surface area contributed by atoms with Gasteiger partial charge in [0.1, 0.15) is 11.8 Å². The molecule has 3 aromatic rings. The van der Waals surface area contributed by atoms with Crippen LogP contribution in [0.1, 0.15) is 34.7 Å². The molecule has 1 fully saturated rings. The average Bonchev–Trinajstić information content (AvgIpc) is 3.20. The Kier molecular flexibility index (Phi) is 8.26. The van der Waals surface area contributed by atoms with E-state index in [1.165, 1.54) is 16.8 Å². The summed E-state index contributed by atoms with van der Waals surface area (Å²) in [4.78, 5) is 30.7. The zero-order valence-electron chi connectivity index (χ0n) is 18.8. The van der Waals surface area contributed by atoms with Crippen LogP contribution in [-0.4, -0.2) is 50.7 Å². The van der Waals surface area contributed by atoms with Crippen LogP contribution in [0.5, 0.6) is 5.88 Å². The van der Waals surface area contributed by atoms with Crippen molar-refractivity contribution in [2.24, 2.45) is 5.92 Å². The molecule has 3 heterocycles. The highest BCUT2D eigenvalue weighted by Gasteiger charge is 2.26. The number of benzene rings is 1. The van der Waals surface area contributed by atoms with E-state index in [-0.39, 0.29) is 46.6 Å². The Morgan fingerprint density at radius 3 is 2.69 bits per heavy atom. The summed E-state index contributed by atoms with van der Waals surface area (Å²) < 4.78 is 7.69. The molecule has 1 aromatic carbocycles. The molecule has 35 heavy (non-hydrogen) atoms. The lowest BCUT2D eigenvalue weighted by atomic mass is 10.1. The van der Waals surface area contributed by atoms with E-state index in [1.54, 1.807) is 36.2 Å². The number of carbonyl (C=O) groups is 2. The number of halogens is 3. The van der Waals surface area contributed by atoms with Gasteiger partial charge in [-0.3, -0.25) is 9.59 Å². The zero-order chi connectivity index (χ0) is 25.1. The summed E-state index contributed by atoms with van der Waals surface area (Å²) in [5.41, 5.74) is 0.643. The smallest absolute Gasteiger partial charge is 0.274 e. The lowest BCUT2D eigenvalue weighted by Gasteiger charge is -2.24. The minimum Gasteiger partial charge on any atom is -0.472 e. The van der Waals surface area contributed by atoms with Crippen molar-refractivity contribution in [3.8, 4) is 11.7 Å². The van der Waals surface area contributed by atoms with E-state index in [0.29, 0.717) is 21.1 Å². The maximum atomic E-state index is 13.5. The van der Waals surface area contributed by atoms with Crippen molar-refractivity contribution >= 4 is 68.4 Å². The second kappa shape index (κ2) is 11.2. The molecule has 4 rings (SSSR count). The molecule has 0 unspecified atom stereocenters. The summed E-state index contributed by atoms with van der Waals surface area (Å²) in [6.45, 7) is 4.45. The zero-order valence-corrected chi connectivity index (χ0v) is 22.8. The van der Waals surface area contributed by atoms with E-state index in [4.69, 9.17) is 27.9 Å². The standard InChI is InChI=1S/C23H22BrCl2N5O3S/c1-12(2)9-28-22(32)15-6-13(25)7-16(24)20(15)29-23(33)18-8-19(34-14-10-35-11-14)30-31(18)21-17(26)4-3-5-27-21/h3-8,12,14H,9-11H2,1-2H3,(H,28,32)(H,29,33). The van der Waals surface area contributed by atoms with Crippen molar-refractivity contribution in [1.82, 2.24) is 20.1 Å². The van der Waals surface area contributed by atoms with Gasteiger partial charge in [-0.25, -0.2) is 9.67 Å². The number of hydrogen-bond donors (Lipinski definition) is 2. The molecule has 0 bridgehead atoms. The third-order valence-electron chi connectivity index (χ3n) is 4.96. The maximum Gasteiger partial charge on any atom is 0.274 e. The van der Waals surface area contributed by atoms with Gasteiger partial charge in [0, 0.05) is 39.8 Å². The summed E-state index contributed by atoms with van der Waals surface area (Å²) in [5, 5.41) is 10.8. The molecule has 0 saturated carbocycles. The van der Waals surface area contributed by atoms with Gasteiger partial charge in [0.05, 0.1) is 16.3 Å². The number of amides is 2. The van der Waals surface area contributed by atoms with Crippen LogP contribution in [0.15, 0.2) is 41.0 Å². The number of carbonyl (C=O) groups excluding carboxylic acids is 2. The first-order valence-corrected chi connectivity index (χ1v) is 13.5. The maximum absolute atomic E-state index is 13.5. The molecule has 12 heteroatoms. The number of nitrogens with one attached hydrogen (secondary N) is 2. The number of aromatic nitrogens is 3. The van der Waals surface area contributed by atoms with E-state index in [1.807, 2.05) is 13.8 Å². The molecule has 184 valence electrons. The molecule has 2 N–H and O–H groups in total. The number of rotatable bonds is 8. The van der Waals surface area contributed by atoms with Gasteiger partial charge >= 0.3 is 0 Å². The Labute approximate surface area is 225 Å². The quantitative estimate of drug-likeness (QED) is 0.357. The molecule has 2 amide bonds. The van der Waals surface area contributed by atoms with Gasteiger partial charge in [-0.05, 0) is 46.1 Å². The van der Waals surface area contributed by atoms with Crippen LogP contribution in [0.2, 0.25) is 10.0 Å². The van der Waals surface area contributed by atoms with Gasteiger partial charge < -0.3 is 15.4 Å². The lowest BCUT2D eigenvalue weighted by Crippen LogP contribution is -2.31. The predicted octanol–water partition coefficient (Wildman–Crippen LogP) is 5.47. The summed E-state index contributed by atoms with van der Waals surface area (Å²) in [5.74, 6) is 1.64. The largest absolute Gasteiger partial charge is 0.472 e. The molecule has 8 nitrogen and oxygen atoms in total. The van der Waals surface area contributed by atoms with Crippen LogP contribution >= 0.6 is 50.9 Å². The normalized spacial score (nSPS) is 13.4. The van der Waals surface area contributed by atoms with Crippen LogP contribution in [0, 0.1) is 5.92 Å². The summed E-state index contributed by atoms with van der Waals surface area (Å²) in [6, 6.07) is 7.99. The fourth-order valence-electron chi connectivity index (χ4n) is 3.18. The van der Waals surface area contributed by atoms with Gasteiger partial charge in [-0.15, -0.1) is 5.10 Å². The second-order valence-corrected chi connectivity index (χ2v) is 11.0. The number of pyridine rings is 1. The van der Waals surface area contributed by atoms with Crippen molar-refractivity contribution in [1.29, 1.82) is 0 Å². The molecule has 1 aliphatic rings. The molecule has 1 aliphatic heterocycles. The Balaban J connectivity index is 1.69. The number of hydrogen-bond acceptors (Lipinski definition) is 6. The van der Waals surface area contributed by atoms with Gasteiger partial charge in [-0.2, -0.15) is 11.8 Å². The Bertz CT molecular complexity index is 1270. The molecular weight excluding hydrogens is 577 g/mol. The molecule has 1 saturated heterocycles. The minimum absolute atomic E-state index is 0.0279. The molecule has 0 radical (unpaired) electrons. The van der Waals surface area contributed by atoms with Crippen molar-refractivity contribution in [2.45, 2.75) is 20.0 Å². The Morgan fingerprint density at radius 2 is 2.03 bits per heavy atom. The van der Waals surface area contributed by atoms with Crippen molar-refractivity contribution in [3.05, 3.63) is 62.3 Å². The van der Waals surface area contributed by atoms with Crippen LogP contribution in [0.25, 0.3) is 5.82 Å². The van der Waals surface area contributed by atoms with E-state index in [2.05, 4.69) is 36.6 Å². The van der Waals surface area contributed by atoms with Crippen LogP contribution in [-0.2, 0) is 0 Å². The highest BCUT2D eigenvalue weighted by Crippen LogP contribution is 2.32. The van der Waals surface area contributed by atoms with E-state index >= 15 is 0 Å². The van der Waals surface area contributed by atoms with Gasteiger partial charge in [0.2, 0.25) is 5.88 Å². The van der Waals surface area contributed by atoms with Gasteiger partial charge in [-0.1, -0.05) is 37.0 Å². The first-order chi connectivity index (χ1) is 16.7. The van der Waals surface area contributed by atoms with Gasteiger partial charge in [0.15, 0.2) is 5.82 Å². The highest BCUT2D eigenvalue weighted by molar-refractivity contribution is 9.10. The third-order valence-corrected chi connectivity index (χ3v) is 7.32. The number of anilines is 1. The topological polar surface area (TPSA) is 98.1 Å². The van der Waals surface area contributed by atoms with Crippen molar-refractivity contribution in [2.75, 3.05) is 23.4 Å². The molecule has 0 atom stereocenters. The van der Waals surface area contributed by atoms with Crippen LogP contribution < -0.4 is 15.4 Å². The second-order valence-electron chi connectivity index (χ2n) is 8.23. The highest BCUT2D eigenvalue weighted by atomic mass is 79.9. The van der Waals surface area contributed by atoms with Crippen molar-refractivity contribution in [3.63, 3.8) is 0 Å². The monoisotopic (exact) mass is 597 g/mol. The lowest BCUT2D eigenvalue weighted by molar-refractivity contribution is 0.0950. The molecule has 0 aliphatic carbocycles. The summed E-state index contributed by atoms with van der Waals surface area (Å²) in [6.07, 6.45) is 1.58. The van der Waals surface area contributed by atoms with Crippen molar-refractivity contribution < 1.29 is 14.3 Å². The first kappa shape index (κ1) is 25.8. The minimum atomic E-state index is -0.530. The Hall–Kier alpha value is -2.27. The summed E-state index contributed by atoms with van der Waals surface area (Å²) in [7, 11) is 0. The Morgan fingerprint density at radius 1 is 1.26 bits per heavy atom. The SMILES string of the molecule is CC(C)CNC(=O)c1cc(Cl)cc(Br)c1NC(=O)c1cc(OC2CSC2)nn1-c1ncccc1Cl. The fourth-order valence-corrected chi connectivity index (χ4v) is 4.85. The number of ether oxygens (including phenoxy) is 1. The number of thioether (sulfide) groups is 1.